The molecule has 0 aliphatic heterocycles. The Morgan fingerprint density at radius 2 is 2.19 bits per heavy atom. The fourth-order valence-corrected chi connectivity index (χ4v) is 2.46. The molecule has 0 saturated heterocycles. The highest BCUT2D eigenvalue weighted by molar-refractivity contribution is 7.13. The van der Waals surface area contributed by atoms with Crippen LogP contribution in [0.3, 0.4) is 0 Å². The van der Waals surface area contributed by atoms with Crippen LogP contribution in [-0.2, 0) is 6.54 Å². The summed E-state index contributed by atoms with van der Waals surface area (Å²) in [7, 11) is 0. The van der Waals surface area contributed by atoms with Crippen molar-refractivity contribution in [2.24, 2.45) is 5.73 Å². The van der Waals surface area contributed by atoms with Crippen molar-refractivity contribution < 1.29 is 0 Å². The standard InChI is InChI=1S/C12H11N3S/c13-7-8-3-1-4-9-11(8)15-12(14-9)10-5-2-6-16-10/h1-6H,7,13H2,(H,14,15). The van der Waals surface area contributed by atoms with E-state index in [-0.39, 0.29) is 0 Å². The summed E-state index contributed by atoms with van der Waals surface area (Å²) in [6.07, 6.45) is 0. The number of para-hydroxylation sites is 1. The first-order valence-electron chi connectivity index (χ1n) is 5.10. The molecule has 0 atom stereocenters. The van der Waals surface area contributed by atoms with Gasteiger partial charge in [-0.1, -0.05) is 18.2 Å². The molecular formula is C12H11N3S. The quantitative estimate of drug-likeness (QED) is 0.710. The van der Waals surface area contributed by atoms with Crippen molar-refractivity contribution in [3.63, 3.8) is 0 Å². The van der Waals surface area contributed by atoms with E-state index in [9.17, 15) is 0 Å². The summed E-state index contributed by atoms with van der Waals surface area (Å²) in [6, 6.07) is 10.1. The van der Waals surface area contributed by atoms with Crippen molar-refractivity contribution >= 4 is 22.4 Å². The molecule has 0 bridgehead atoms. The van der Waals surface area contributed by atoms with Crippen LogP contribution in [0.25, 0.3) is 21.7 Å². The molecule has 3 nitrogen and oxygen atoms in total. The largest absolute Gasteiger partial charge is 0.337 e. The molecule has 0 fully saturated rings. The van der Waals surface area contributed by atoms with E-state index >= 15 is 0 Å². The van der Waals surface area contributed by atoms with E-state index in [1.807, 2.05) is 29.6 Å². The summed E-state index contributed by atoms with van der Waals surface area (Å²) >= 11 is 1.68. The van der Waals surface area contributed by atoms with E-state index in [0.29, 0.717) is 6.54 Å². The SMILES string of the molecule is NCc1cccc2[nH]c(-c3cccs3)nc12. The Morgan fingerprint density at radius 3 is 2.94 bits per heavy atom. The van der Waals surface area contributed by atoms with E-state index in [0.717, 1.165) is 27.3 Å². The first-order chi connectivity index (χ1) is 7.88. The van der Waals surface area contributed by atoms with Gasteiger partial charge in [0.2, 0.25) is 0 Å². The van der Waals surface area contributed by atoms with Crippen molar-refractivity contribution in [3.8, 4) is 10.7 Å². The van der Waals surface area contributed by atoms with Crippen LogP contribution in [0.4, 0.5) is 0 Å². The second-order valence-electron chi connectivity index (χ2n) is 3.58. The average molecular weight is 229 g/mol. The van der Waals surface area contributed by atoms with E-state index < -0.39 is 0 Å². The molecule has 0 saturated carbocycles. The molecule has 2 heterocycles. The number of H-pyrrole nitrogens is 1. The smallest absolute Gasteiger partial charge is 0.148 e. The summed E-state index contributed by atoms with van der Waals surface area (Å²) in [6.45, 7) is 0.520. The zero-order chi connectivity index (χ0) is 11.0. The van der Waals surface area contributed by atoms with Crippen LogP contribution in [0.2, 0.25) is 0 Å². The van der Waals surface area contributed by atoms with Gasteiger partial charge in [0.05, 0.1) is 15.9 Å². The Balaban J connectivity index is 2.23. The highest BCUT2D eigenvalue weighted by Gasteiger charge is 2.08. The number of nitrogens with two attached hydrogens (primary N) is 1. The first kappa shape index (κ1) is 9.57. The minimum absolute atomic E-state index is 0.520. The van der Waals surface area contributed by atoms with E-state index in [2.05, 4.69) is 16.0 Å². The van der Waals surface area contributed by atoms with Gasteiger partial charge < -0.3 is 10.7 Å². The van der Waals surface area contributed by atoms with Gasteiger partial charge in [0.1, 0.15) is 5.82 Å². The van der Waals surface area contributed by atoms with Gasteiger partial charge in [-0.2, -0.15) is 0 Å². The maximum absolute atomic E-state index is 5.69. The van der Waals surface area contributed by atoms with Crippen LogP contribution in [0.5, 0.6) is 0 Å². The lowest BCUT2D eigenvalue weighted by Crippen LogP contribution is -1.96. The number of nitrogens with zero attached hydrogens (tertiary/aromatic N) is 1. The Labute approximate surface area is 96.9 Å². The number of aromatic nitrogens is 2. The van der Waals surface area contributed by atoms with Crippen LogP contribution in [0, 0.1) is 0 Å². The number of hydrogen-bond donors (Lipinski definition) is 2. The number of fused-ring (bicyclic) bond motifs is 1. The number of thiophene rings is 1. The molecule has 0 spiro atoms. The van der Waals surface area contributed by atoms with Gasteiger partial charge in [0.25, 0.3) is 0 Å². The predicted molar refractivity (Wildman–Crippen MR) is 67.3 cm³/mol. The third-order valence-corrected chi connectivity index (χ3v) is 3.45. The molecule has 80 valence electrons. The van der Waals surface area contributed by atoms with Crippen LogP contribution in [0.15, 0.2) is 35.7 Å². The lowest BCUT2D eigenvalue weighted by atomic mass is 10.2. The molecular weight excluding hydrogens is 218 g/mol. The monoisotopic (exact) mass is 229 g/mol. The maximum atomic E-state index is 5.69. The third-order valence-electron chi connectivity index (χ3n) is 2.57. The Bertz CT molecular complexity index is 610. The van der Waals surface area contributed by atoms with Crippen molar-refractivity contribution in [1.82, 2.24) is 9.97 Å². The van der Waals surface area contributed by atoms with E-state index in [1.165, 1.54) is 0 Å². The van der Waals surface area contributed by atoms with E-state index in [4.69, 9.17) is 5.73 Å². The summed E-state index contributed by atoms with van der Waals surface area (Å²) < 4.78 is 0. The molecule has 0 amide bonds. The molecule has 0 unspecified atom stereocenters. The number of benzene rings is 1. The highest BCUT2D eigenvalue weighted by Crippen LogP contribution is 2.25. The van der Waals surface area contributed by atoms with Gasteiger partial charge in [0, 0.05) is 6.54 Å². The summed E-state index contributed by atoms with van der Waals surface area (Å²) in [5.74, 6) is 0.922. The summed E-state index contributed by atoms with van der Waals surface area (Å²) in [5, 5.41) is 2.05. The summed E-state index contributed by atoms with van der Waals surface area (Å²) in [4.78, 5) is 9.07. The molecule has 3 aromatic rings. The zero-order valence-corrected chi connectivity index (χ0v) is 9.42. The molecule has 3 rings (SSSR count). The molecule has 0 radical (unpaired) electrons. The molecule has 0 aliphatic rings. The number of rotatable bonds is 2. The highest BCUT2D eigenvalue weighted by atomic mass is 32.1. The molecule has 0 aliphatic carbocycles. The summed E-state index contributed by atoms with van der Waals surface area (Å²) in [5.41, 5.74) is 8.80. The average Bonchev–Trinajstić information content (AvgIpc) is 2.96. The lowest BCUT2D eigenvalue weighted by Gasteiger charge is -1.95. The van der Waals surface area contributed by atoms with Crippen molar-refractivity contribution in [2.45, 2.75) is 6.54 Å². The van der Waals surface area contributed by atoms with Crippen molar-refractivity contribution in [3.05, 3.63) is 41.3 Å². The fraction of sp³-hybridized carbons (Fsp3) is 0.0833. The minimum atomic E-state index is 0.520. The second-order valence-corrected chi connectivity index (χ2v) is 4.53. The first-order valence-corrected chi connectivity index (χ1v) is 5.98. The van der Waals surface area contributed by atoms with Crippen molar-refractivity contribution in [2.75, 3.05) is 0 Å². The van der Waals surface area contributed by atoms with Gasteiger partial charge in [-0.05, 0) is 23.1 Å². The molecule has 1 aromatic carbocycles. The van der Waals surface area contributed by atoms with Gasteiger partial charge in [0.15, 0.2) is 0 Å². The van der Waals surface area contributed by atoms with E-state index in [1.54, 1.807) is 11.3 Å². The van der Waals surface area contributed by atoms with Gasteiger partial charge in [-0.25, -0.2) is 4.98 Å². The lowest BCUT2D eigenvalue weighted by molar-refractivity contribution is 1.08. The fourth-order valence-electron chi connectivity index (χ4n) is 1.79. The Morgan fingerprint density at radius 1 is 1.25 bits per heavy atom. The van der Waals surface area contributed by atoms with Crippen molar-refractivity contribution in [1.29, 1.82) is 0 Å². The minimum Gasteiger partial charge on any atom is -0.337 e. The second kappa shape index (κ2) is 3.73. The molecule has 4 heteroatoms. The van der Waals surface area contributed by atoms with Gasteiger partial charge >= 0.3 is 0 Å². The van der Waals surface area contributed by atoms with Crippen LogP contribution < -0.4 is 5.73 Å². The number of aromatic amines is 1. The molecule has 16 heavy (non-hydrogen) atoms. The van der Waals surface area contributed by atoms with Gasteiger partial charge in [-0.3, -0.25) is 0 Å². The predicted octanol–water partition coefficient (Wildman–Crippen LogP) is 2.75. The topological polar surface area (TPSA) is 54.7 Å². The number of imidazole rings is 1. The molecule has 3 N–H and O–H groups in total. The number of nitrogens with one attached hydrogen (secondary N) is 1. The normalized spacial score (nSPS) is 11.1. The zero-order valence-electron chi connectivity index (χ0n) is 8.60. The Kier molecular flexibility index (Phi) is 2.23. The van der Waals surface area contributed by atoms with Crippen LogP contribution >= 0.6 is 11.3 Å². The van der Waals surface area contributed by atoms with Crippen LogP contribution in [-0.4, -0.2) is 9.97 Å². The van der Waals surface area contributed by atoms with Gasteiger partial charge in [-0.15, -0.1) is 11.3 Å². The molecule has 2 aromatic heterocycles. The maximum Gasteiger partial charge on any atom is 0.148 e. The third kappa shape index (κ3) is 1.43. The number of hydrogen-bond acceptors (Lipinski definition) is 3. The van der Waals surface area contributed by atoms with Crippen LogP contribution in [0.1, 0.15) is 5.56 Å². The Hall–Kier alpha value is -1.65.